The number of methoxy groups -OCH3 is 1. The van der Waals surface area contributed by atoms with Crippen molar-refractivity contribution in [1.29, 1.82) is 0 Å². The number of carbonyl (C=O) groups is 1. The Bertz CT molecular complexity index is 616. The first-order chi connectivity index (χ1) is 9.69. The molecule has 5 heteroatoms. The molecule has 0 saturated carbocycles. The van der Waals surface area contributed by atoms with E-state index in [1.165, 1.54) is 12.2 Å². The highest BCUT2D eigenvalue weighted by atomic mass is 16.5. The van der Waals surface area contributed by atoms with Crippen LogP contribution in [0.5, 0.6) is 11.5 Å². The van der Waals surface area contributed by atoms with E-state index >= 15 is 0 Å². The number of primary amides is 1. The van der Waals surface area contributed by atoms with Crippen LogP contribution in [0.3, 0.4) is 0 Å². The summed E-state index contributed by atoms with van der Waals surface area (Å²) >= 11 is 0. The van der Waals surface area contributed by atoms with E-state index in [4.69, 9.17) is 19.6 Å². The van der Waals surface area contributed by atoms with Gasteiger partial charge >= 0.3 is 0 Å². The molecule has 2 N–H and O–H groups in total. The summed E-state index contributed by atoms with van der Waals surface area (Å²) in [4.78, 5) is 10.6. The van der Waals surface area contributed by atoms with Crippen LogP contribution < -0.4 is 15.2 Å². The summed E-state index contributed by atoms with van der Waals surface area (Å²) in [7, 11) is 1.59. The standard InChI is InChI=1S/C15H15NO4/c1-18-13-4-2-3-5-14(13)19-10-12-7-6-11(20-12)8-9-15(16)17/h2-9H,10H2,1H3,(H2,16,17)/b9-8-. The van der Waals surface area contributed by atoms with Crippen LogP contribution in [0.15, 0.2) is 46.9 Å². The second-order valence-corrected chi connectivity index (χ2v) is 3.98. The van der Waals surface area contributed by atoms with Gasteiger partial charge in [-0.15, -0.1) is 0 Å². The highest BCUT2D eigenvalue weighted by Gasteiger charge is 2.05. The molecule has 0 bridgehead atoms. The molecule has 0 atom stereocenters. The molecule has 1 aromatic heterocycles. The molecule has 1 amide bonds. The summed E-state index contributed by atoms with van der Waals surface area (Å²) in [6.45, 7) is 0.269. The minimum absolute atomic E-state index is 0.269. The number of hydrogen-bond acceptors (Lipinski definition) is 4. The highest BCUT2D eigenvalue weighted by molar-refractivity contribution is 5.89. The van der Waals surface area contributed by atoms with E-state index in [0.29, 0.717) is 23.0 Å². The topological polar surface area (TPSA) is 74.7 Å². The molecule has 0 radical (unpaired) electrons. The van der Waals surface area contributed by atoms with Gasteiger partial charge in [0.2, 0.25) is 5.91 Å². The summed E-state index contributed by atoms with van der Waals surface area (Å²) in [5.74, 6) is 1.96. The molecule has 2 aromatic rings. The van der Waals surface area contributed by atoms with Gasteiger partial charge in [-0.05, 0) is 30.3 Å². The molecular formula is C15H15NO4. The third-order valence-electron chi connectivity index (χ3n) is 2.53. The van der Waals surface area contributed by atoms with E-state index in [0.717, 1.165) is 0 Å². The average Bonchev–Trinajstić information content (AvgIpc) is 2.91. The van der Waals surface area contributed by atoms with Crippen LogP contribution in [-0.2, 0) is 11.4 Å². The zero-order chi connectivity index (χ0) is 14.4. The normalized spacial score (nSPS) is 10.7. The molecular weight excluding hydrogens is 258 g/mol. The number of benzene rings is 1. The molecule has 0 fully saturated rings. The second-order valence-electron chi connectivity index (χ2n) is 3.98. The van der Waals surface area contributed by atoms with Crippen molar-refractivity contribution in [1.82, 2.24) is 0 Å². The molecule has 2 rings (SSSR count). The van der Waals surface area contributed by atoms with Crippen molar-refractivity contribution in [3.63, 3.8) is 0 Å². The van der Waals surface area contributed by atoms with Crippen LogP contribution in [0.4, 0.5) is 0 Å². The largest absolute Gasteiger partial charge is 0.493 e. The lowest BCUT2D eigenvalue weighted by Gasteiger charge is -2.08. The highest BCUT2D eigenvalue weighted by Crippen LogP contribution is 2.26. The van der Waals surface area contributed by atoms with Crippen LogP contribution in [-0.4, -0.2) is 13.0 Å². The minimum atomic E-state index is -0.520. The Morgan fingerprint density at radius 2 is 2.00 bits per heavy atom. The molecule has 1 heterocycles. The van der Waals surface area contributed by atoms with Gasteiger partial charge in [0.25, 0.3) is 0 Å². The Balaban J connectivity index is 1.99. The van der Waals surface area contributed by atoms with Crippen LogP contribution in [0, 0.1) is 0 Å². The number of furan rings is 1. The van der Waals surface area contributed by atoms with Gasteiger partial charge in [-0.1, -0.05) is 12.1 Å². The van der Waals surface area contributed by atoms with Crippen molar-refractivity contribution < 1.29 is 18.7 Å². The predicted octanol–water partition coefficient (Wildman–Crippen LogP) is 2.37. The van der Waals surface area contributed by atoms with Crippen molar-refractivity contribution in [3.8, 4) is 11.5 Å². The first kappa shape index (κ1) is 13.7. The summed E-state index contributed by atoms with van der Waals surface area (Å²) in [6, 6.07) is 10.9. The van der Waals surface area contributed by atoms with E-state index in [1.807, 2.05) is 24.3 Å². The van der Waals surface area contributed by atoms with Gasteiger partial charge in [0, 0.05) is 6.08 Å². The minimum Gasteiger partial charge on any atom is -0.493 e. The number of amides is 1. The number of ether oxygens (including phenoxy) is 2. The van der Waals surface area contributed by atoms with Crippen molar-refractivity contribution in [3.05, 3.63) is 54.0 Å². The molecule has 104 valence electrons. The molecule has 0 aliphatic heterocycles. The Morgan fingerprint density at radius 1 is 1.25 bits per heavy atom. The third-order valence-corrected chi connectivity index (χ3v) is 2.53. The number of rotatable bonds is 6. The van der Waals surface area contributed by atoms with Gasteiger partial charge < -0.3 is 19.6 Å². The smallest absolute Gasteiger partial charge is 0.241 e. The first-order valence-corrected chi connectivity index (χ1v) is 6.01. The number of hydrogen-bond donors (Lipinski definition) is 1. The molecule has 5 nitrogen and oxygen atoms in total. The molecule has 1 aromatic carbocycles. The summed E-state index contributed by atoms with van der Waals surface area (Å²) in [5.41, 5.74) is 5.01. The number of nitrogens with two attached hydrogens (primary N) is 1. The van der Waals surface area contributed by atoms with Gasteiger partial charge in [0.15, 0.2) is 11.5 Å². The predicted molar refractivity (Wildman–Crippen MR) is 74.3 cm³/mol. The van der Waals surface area contributed by atoms with Crippen molar-refractivity contribution in [2.45, 2.75) is 6.61 Å². The average molecular weight is 273 g/mol. The lowest BCUT2D eigenvalue weighted by atomic mass is 10.3. The quantitative estimate of drug-likeness (QED) is 0.820. The fourth-order valence-corrected chi connectivity index (χ4v) is 1.61. The zero-order valence-electron chi connectivity index (χ0n) is 11.0. The van der Waals surface area contributed by atoms with Gasteiger partial charge in [-0.2, -0.15) is 0 Å². The summed E-state index contributed by atoms with van der Waals surface area (Å²) in [5, 5.41) is 0. The fourth-order valence-electron chi connectivity index (χ4n) is 1.61. The van der Waals surface area contributed by atoms with E-state index in [9.17, 15) is 4.79 Å². The lowest BCUT2D eigenvalue weighted by molar-refractivity contribution is -0.113. The van der Waals surface area contributed by atoms with E-state index in [-0.39, 0.29) is 6.61 Å². The maximum Gasteiger partial charge on any atom is 0.241 e. The van der Waals surface area contributed by atoms with Crippen LogP contribution >= 0.6 is 0 Å². The molecule has 0 saturated heterocycles. The molecule has 0 aliphatic carbocycles. The Labute approximate surface area is 116 Å². The SMILES string of the molecule is COc1ccccc1OCc1ccc(/C=C\C(N)=O)o1. The monoisotopic (exact) mass is 273 g/mol. The lowest BCUT2D eigenvalue weighted by Crippen LogP contribution is -2.04. The molecule has 0 spiro atoms. The van der Waals surface area contributed by atoms with Crippen molar-refractivity contribution in [2.24, 2.45) is 5.73 Å². The molecule has 0 unspecified atom stereocenters. The molecule has 0 aliphatic rings. The van der Waals surface area contributed by atoms with E-state index in [2.05, 4.69) is 0 Å². The Hall–Kier alpha value is -2.69. The number of carbonyl (C=O) groups excluding carboxylic acids is 1. The van der Waals surface area contributed by atoms with Crippen LogP contribution in [0.2, 0.25) is 0 Å². The Morgan fingerprint density at radius 3 is 2.70 bits per heavy atom. The maximum absolute atomic E-state index is 10.6. The van der Waals surface area contributed by atoms with Gasteiger partial charge in [-0.25, -0.2) is 0 Å². The summed E-state index contributed by atoms with van der Waals surface area (Å²) in [6.07, 6.45) is 2.75. The first-order valence-electron chi connectivity index (χ1n) is 6.01. The molecule has 20 heavy (non-hydrogen) atoms. The van der Waals surface area contributed by atoms with E-state index < -0.39 is 5.91 Å². The van der Waals surface area contributed by atoms with Crippen molar-refractivity contribution >= 4 is 12.0 Å². The maximum atomic E-state index is 10.6. The van der Waals surface area contributed by atoms with E-state index in [1.54, 1.807) is 19.2 Å². The Kier molecular flexibility index (Phi) is 4.44. The fraction of sp³-hybridized carbons (Fsp3) is 0.133. The van der Waals surface area contributed by atoms with Crippen LogP contribution in [0.1, 0.15) is 11.5 Å². The third kappa shape index (κ3) is 3.65. The van der Waals surface area contributed by atoms with Gasteiger partial charge in [0.1, 0.15) is 18.1 Å². The zero-order valence-corrected chi connectivity index (χ0v) is 11.0. The van der Waals surface area contributed by atoms with Gasteiger partial charge in [-0.3, -0.25) is 4.79 Å². The summed E-state index contributed by atoms with van der Waals surface area (Å²) < 4.78 is 16.3. The number of para-hydroxylation sites is 2. The van der Waals surface area contributed by atoms with Crippen molar-refractivity contribution in [2.75, 3.05) is 7.11 Å². The van der Waals surface area contributed by atoms with Gasteiger partial charge in [0.05, 0.1) is 7.11 Å². The second kappa shape index (κ2) is 6.47. The van der Waals surface area contributed by atoms with Crippen LogP contribution in [0.25, 0.3) is 6.08 Å².